The van der Waals surface area contributed by atoms with Gasteiger partial charge in [0, 0.05) is 5.41 Å². The van der Waals surface area contributed by atoms with Crippen LogP contribution in [-0.4, -0.2) is 14.8 Å². The summed E-state index contributed by atoms with van der Waals surface area (Å²) in [4.78, 5) is 9.60. The molecule has 0 fully saturated rings. The van der Waals surface area contributed by atoms with Crippen molar-refractivity contribution >= 4 is 16.4 Å². The lowest BCUT2D eigenvalue weighted by atomic mass is 10.3. The molecule has 1 radical (unpaired) electrons. The molecule has 0 saturated carbocycles. The summed E-state index contributed by atoms with van der Waals surface area (Å²) < 4.78 is 22.9. The second-order valence-electron chi connectivity index (χ2n) is 1.91. The van der Waals surface area contributed by atoms with Crippen LogP contribution in [0.25, 0.3) is 0 Å². The van der Waals surface area contributed by atoms with E-state index in [9.17, 15) is 13.2 Å². The van der Waals surface area contributed by atoms with Gasteiger partial charge in [-0.25, -0.2) is 13.1 Å². The lowest BCUT2D eigenvalue weighted by Crippen LogP contribution is -2.18. The lowest BCUT2D eigenvalue weighted by molar-refractivity contribution is 0.548. The van der Waals surface area contributed by atoms with Gasteiger partial charge in [-0.2, -0.15) is 0 Å². The lowest BCUT2D eigenvalue weighted by Gasteiger charge is -1.91. The molecule has 0 aliphatic heterocycles. The van der Waals surface area contributed by atoms with Gasteiger partial charge in [0.05, 0.1) is 0 Å². The van der Waals surface area contributed by atoms with Gasteiger partial charge in [0.2, 0.25) is 0 Å². The molecule has 11 heavy (non-hydrogen) atoms. The Morgan fingerprint density at radius 3 is 2.64 bits per heavy atom. The summed E-state index contributed by atoms with van der Waals surface area (Å²) in [5.74, 6) is 0. The Labute approximate surface area is 66.3 Å². The molecule has 0 saturated heterocycles. The highest BCUT2D eigenvalue weighted by atomic mass is 32.2. The first-order valence-electron chi connectivity index (χ1n) is 3.18. The van der Waals surface area contributed by atoms with E-state index in [4.69, 9.17) is 0 Å². The number of unbranched alkanes of at least 4 members (excludes halogenated alkanes) is 1. The van der Waals surface area contributed by atoms with Crippen LogP contribution in [0.15, 0.2) is 11.5 Å². The van der Waals surface area contributed by atoms with E-state index >= 15 is 0 Å². The van der Waals surface area contributed by atoms with Crippen LogP contribution in [0.5, 0.6) is 0 Å². The largest absolute Gasteiger partial charge is 0.324 e. The highest BCUT2D eigenvalue weighted by Crippen LogP contribution is 1.91. The Hall–Kier alpha value is -0.840. The first-order chi connectivity index (χ1) is 5.12. The van der Waals surface area contributed by atoms with Gasteiger partial charge < -0.3 is 0 Å². The number of amides is 1. The number of carbonyl (C=O) groups excluding carboxylic acids is 1. The average molecular weight is 176 g/mol. The van der Waals surface area contributed by atoms with Crippen molar-refractivity contribution in [2.75, 3.05) is 0 Å². The molecular weight excluding hydrogens is 166 g/mol. The van der Waals surface area contributed by atoms with Gasteiger partial charge in [-0.15, -0.1) is 0 Å². The van der Waals surface area contributed by atoms with Crippen molar-refractivity contribution in [2.45, 2.75) is 19.8 Å². The maximum Gasteiger partial charge on any atom is 0.324 e. The maximum atomic E-state index is 10.6. The minimum absolute atomic E-state index is 0.680. The molecule has 0 spiro atoms. The van der Waals surface area contributed by atoms with Crippen LogP contribution in [0.1, 0.15) is 19.8 Å². The van der Waals surface area contributed by atoms with Crippen molar-refractivity contribution in [3.05, 3.63) is 11.5 Å². The normalized spacial score (nSPS) is 11.7. The van der Waals surface area contributed by atoms with E-state index in [-0.39, 0.29) is 0 Å². The van der Waals surface area contributed by atoms with E-state index in [0.717, 1.165) is 18.2 Å². The third-order valence-corrected chi connectivity index (χ3v) is 1.83. The molecule has 5 heteroatoms. The number of hydrogen-bond acceptors (Lipinski definition) is 3. The smallest absolute Gasteiger partial charge is 0.262 e. The Kier molecular flexibility index (Phi) is 4.52. The van der Waals surface area contributed by atoms with Crippen LogP contribution in [0.4, 0.5) is 0 Å². The zero-order valence-electron chi connectivity index (χ0n) is 6.20. The molecule has 63 valence electrons. The summed E-state index contributed by atoms with van der Waals surface area (Å²) in [6, 6.07) is 0. The molecule has 0 heterocycles. The first-order valence-corrected chi connectivity index (χ1v) is 4.72. The van der Waals surface area contributed by atoms with Crippen molar-refractivity contribution < 1.29 is 13.2 Å². The summed E-state index contributed by atoms with van der Waals surface area (Å²) in [6.45, 7) is 1.93. The second kappa shape index (κ2) is 4.90. The highest BCUT2D eigenvalue weighted by Gasteiger charge is 2.00. The predicted molar refractivity (Wildman–Crippen MR) is 41.8 cm³/mol. The fraction of sp³-hybridized carbons (Fsp3) is 0.500. The van der Waals surface area contributed by atoms with Crippen molar-refractivity contribution in [3.63, 3.8) is 0 Å². The zero-order valence-corrected chi connectivity index (χ0v) is 7.02. The Morgan fingerprint density at radius 2 is 2.18 bits per heavy atom. The standard InChI is InChI=1S/C6H10NO3S/c1-2-3-4-5-11(9,10)7-6-8/h4-5H,2-3H2,1H3,(H,7,8). The molecule has 0 unspecified atom stereocenters. The van der Waals surface area contributed by atoms with Crippen LogP contribution in [0.3, 0.4) is 0 Å². The van der Waals surface area contributed by atoms with Crippen LogP contribution >= 0.6 is 0 Å². The minimum atomic E-state index is -3.56. The number of hydrogen-bond donors (Lipinski definition) is 1. The molecule has 1 N–H and O–H groups in total. The first kappa shape index (κ1) is 10.2. The third kappa shape index (κ3) is 5.60. The topological polar surface area (TPSA) is 63.2 Å². The van der Waals surface area contributed by atoms with Gasteiger partial charge in [0.15, 0.2) is 0 Å². The van der Waals surface area contributed by atoms with Crippen LogP contribution in [0, 0.1) is 0 Å². The van der Waals surface area contributed by atoms with Gasteiger partial charge in [-0.1, -0.05) is 19.4 Å². The summed E-state index contributed by atoms with van der Waals surface area (Å²) in [6.07, 6.45) is 4.13. The molecule has 4 nitrogen and oxygen atoms in total. The number of allylic oxidation sites excluding steroid dienone is 1. The summed E-state index contributed by atoms with van der Waals surface area (Å²) >= 11 is 0. The van der Waals surface area contributed by atoms with Crippen molar-refractivity contribution in [1.82, 2.24) is 4.72 Å². The van der Waals surface area contributed by atoms with Gasteiger partial charge in [-0.3, -0.25) is 4.79 Å². The predicted octanol–water partition coefficient (Wildman–Crippen LogP) is 0.287. The van der Waals surface area contributed by atoms with E-state index in [2.05, 4.69) is 0 Å². The van der Waals surface area contributed by atoms with Crippen molar-refractivity contribution in [3.8, 4) is 0 Å². The molecule has 1 amide bonds. The average Bonchev–Trinajstić information content (AvgIpc) is 1.87. The summed E-state index contributed by atoms with van der Waals surface area (Å²) in [5, 5.41) is 0.960. The molecule has 0 aromatic rings. The Bertz CT molecular complexity index is 230. The number of nitrogens with one attached hydrogen (secondary N) is 1. The van der Waals surface area contributed by atoms with Gasteiger partial charge in [0.1, 0.15) is 0 Å². The van der Waals surface area contributed by atoms with E-state index in [0.29, 0.717) is 6.42 Å². The number of sulfonamides is 1. The van der Waals surface area contributed by atoms with Crippen LogP contribution in [0.2, 0.25) is 0 Å². The van der Waals surface area contributed by atoms with Gasteiger partial charge >= 0.3 is 6.41 Å². The van der Waals surface area contributed by atoms with E-state index < -0.39 is 10.0 Å². The van der Waals surface area contributed by atoms with Gasteiger partial charge in [-0.05, 0) is 6.42 Å². The monoisotopic (exact) mass is 176 g/mol. The summed E-state index contributed by atoms with van der Waals surface area (Å²) in [7, 11) is -3.56. The fourth-order valence-electron chi connectivity index (χ4n) is 0.453. The van der Waals surface area contributed by atoms with Crippen molar-refractivity contribution in [1.29, 1.82) is 0 Å². The molecule has 0 bridgehead atoms. The van der Waals surface area contributed by atoms with E-state index in [1.807, 2.05) is 6.92 Å². The second-order valence-corrected chi connectivity index (χ2v) is 3.48. The SMILES string of the molecule is CCCC=CS(=O)(=O)N[C]=O. The quantitative estimate of drug-likeness (QED) is 0.612. The molecule has 0 rings (SSSR count). The molecule has 0 atom stereocenters. The fourth-order valence-corrected chi connectivity index (χ4v) is 1.03. The van der Waals surface area contributed by atoms with Crippen LogP contribution in [-0.2, 0) is 14.8 Å². The van der Waals surface area contributed by atoms with E-state index in [1.165, 1.54) is 6.08 Å². The molecule has 0 aliphatic carbocycles. The minimum Gasteiger partial charge on any atom is -0.262 e. The third-order valence-electron chi connectivity index (χ3n) is 0.915. The van der Waals surface area contributed by atoms with E-state index in [1.54, 1.807) is 4.72 Å². The Balaban J connectivity index is 4.01. The molecular formula is C6H10NO3S. The Morgan fingerprint density at radius 1 is 1.55 bits per heavy atom. The zero-order chi connectivity index (χ0) is 8.74. The summed E-state index contributed by atoms with van der Waals surface area (Å²) in [5.41, 5.74) is 0. The maximum absolute atomic E-state index is 10.6. The highest BCUT2D eigenvalue weighted by molar-refractivity contribution is 7.92. The van der Waals surface area contributed by atoms with Crippen molar-refractivity contribution in [2.24, 2.45) is 0 Å². The molecule has 0 aromatic carbocycles. The number of rotatable bonds is 5. The molecule has 0 aliphatic rings. The van der Waals surface area contributed by atoms with Gasteiger partial charge in [0.25, 0.3) is 10.0 Å². The van der Waals surface area contributed by atoms with Crippen LogP contribution < -0.4 is 4.72 Å². The molecule has 0 aromatic heterocycles.